The van der Waals surface area contributed by atoms with Gasteiger partial charge in [-0.05, 0) is 13.0 Å². The third-order valence-corrected chi connectivity index (χ3v) is 3.27. The first-order chi connectivity index (χ1) is 10.1. The molecule has 1 aliphatic heterocycles. The number of carbonyl (C=O) groups is 1. The smallest absolute Gasteiger partial charge is 0.319 e. The number of urea groups is 1. The number of hydrogen-bond acceptors (Lipinski definition) is 4. The lowest BCUT2D eigenvalue weighted by atomic mass is 10.2. The molecule has 1 aliphatic rings. The topological polar surface area (TPSA) is 87.5 Å². The van der Waals surface area contributed by atoms with Crippen molar-refractivity contribution >= 4 is 17.4 Å². The fourth-order valence-electron chi connectivity index (χ4n) is 2.09. The number of aryl methyl sites for hydroxylation is 1. The zero-order chi connectivity index (χ0) is 15.2. The van der Waals surface area contributed by atoms with E-state index in [0.717, 1.165) is 19.6 Å². The molecule has 0 saturated carbocycles. The Morgan fingerprint density at radius 2 is 2.10 bits per heavy atom. The number of nitro groups is 1. The molecular formula is C14H18N4O3. The number of anilines is 1. The summed E-state index contributed by atoms with van der Waals surface area (Å²) in [6.45, 7) is 4.78. The standard InChI is InChI=1S/C14H18N4O3/c1-11-4-5-12(10-13(11)18(20)21)16-14(19)15-6-9-17-7-2-3-8-17/h2-5,10H,6-9H2,1H3,(H2,15,16,19). The van der Waals surface area contributed by atoms with Gasteiger partial charge in [0, 0.05) is 43.5 Å². The molecule has 112 valence electrons. The highest BCUT2D eigenvalue weighted by Crippen LogP contribution is 2.22. The first kappa shape index (κ1) is 15.0. The molecule has 0 spiro atoms. The Bertz CT molecular complexity index is 563. The van der Waals surface area contributed by atoms with E-state index in [4.69, 9.17) is 0 Å². The minimum absolute atomic E-state index is 0.00376. The highest BCUT2D eigenvalue weighted by molar-refractivity contribution is 5.89. The van der Waals surface area contributed by atoms with Gasteiger partial charge in [-0.25, -0.2) is 4.79 Å². The molecule has 21 heavy (non-hydrogen) atoms. The monoisotopic (exact) mass is 290 g/mol. The predicted octanol–water partition coefficient (Wildman–Crippen LogP) is 1.90. The molecule has 0 fully saturated rings. The van der Waals surface area contributed by atoms with Crippen molar-refractivity contribution in [2.24, 2.45) is 0 Å². The molecule has 0 unspecified atom stereocenters. The van der Waals surface area contributed by atoms with E-state index in [9.17, 15) is 14.9 Å². The third-order valence-electron chi connectivity index (χ3n) is 3.27. The number of nitrogens with one attached hydrogen (secondary N) is 2. The van der Waals surface area contributed by atoms with Gasteiger partial charge in [-0.15, -0.1) is 0 Å². The maximum atomic E-state index is 11.7. The summed E-state index contributed by atoms with van der Waals surface area (Å²) in [5.41, 5.74) is 0.969. The molecule has 2 rings (SSSR count). The van der Waals surface area contributed by atoms with Gasteiger partial charge in [0.25, 0.3) is 5.69 Å². The quantitative estimate of drug-likeness (QED) is 0.492. The molecule has 0 aromatic heterocycles. The van der Waals surface area contributed by atoms with Gasteiger partial charge >= 0.3 is 6.03 Å². The lowest BCUT2D eigenvalue weighted by Crippen LogP contribution is -2.36. The predicted molar refractivity (Wildman–Crippen MR) is 80.4 cm³/mol. The van der Waals surface area contributed by atoms with Crippen LogP contribution in [0.3, 0.4) is 0 Å². The average Bonchev–Trinajstić information content (AvgIpc) is 2.94. The maximum Gasteiger partial charge on any atom is 0.319 e. The van der Waals surface area contributed by atoms with Crippen LogP contribution in [0.15, 0.2) is 30.4 Å². The van der Waals surface area contributed by atoms with E-state index in [1.54, 1.807) is 19.1 Å². The SMILES string of the molecule is Cc1ccc(NC(=O)NCCN2CC=CC2)cc1[N+](=O)[O-]. The number of benzene rings is 1. The summed E-state index contributed by atoms with van der Waals surface area (Å²) < 4.78 is 0. The summed E-state index contributed by atoms with van der Waals surface area (Å²) in [6.07, 6.45) is 4.18. The van der Waals surface area contributed by atoms with Crippen LogP contribution in [0.5, 0.6) is 0 Å². The third kappa shape index (κ3) is 4.28. The van der Waals surface area contributed by atoms with Crippen LogP contribution >= 0.6 is 0 Å². The minimum atomic E-state index is -0.460. The Hall–Kier alpha value is -2.41. The van der Waals surface area contributed by atoms with Gasteiger partial charge in [-0.2, -0.15) is 0 Å². The molecule has 1 aromatic carbocycles. The summed E-state index contributed by atoms with van der Waals surface area (Å²) >= 11 is 0. The molecule has 2 N–H and O–H groups in total. The fourth-order valence-corrected chi connectivity index (χ4v) is 2.09. The van der Waals surface area contributed by atoms with Gasteiger partial charge in [0.05, 0.1) is 4.92 Å². The molecule has 7 heteroatoms. The van der Waals surface area contributed by atoms with Crippen LogP contribution in [-0.4, -0.2) is 42.0 Å². The van der Waals surface area contributed by atoms with E-state index < -0.39 is 4.92 Å². The average molecular weight is 290 g/mol. The van der Waals surface area contributed by atoms with Gasteiger partial charge < -0.3 is 10.6 Å². The highest BCUT2D eigenvalue weighted by atomic mass is 16.6. The van der Waals surface area contributed by atoms with Gasteiger partial charge in [-0.1, -0.05) is 18.2 Å². The molecule has 2 amide bonds. The Morgan fingerprint density at radius 1 is 1.38 bits per heavy atom. The van der Waals surface area contributed by atoms with Crippen molar-refractivity contribution < 1.29 is 9.72 Å². The van der Waals surface area contributed by atoms with Gasteiger partial charge in [-0.3, -0.25) is 15.0 Å². The molecule has 1 aromatic rings. The molecule has 0 atom stereocenters. The Kier molecular flexibility index (Phi) is 4.89. The van der Waals surface area contributed by atoms with E-state index in [-0.39, 0.29) is 11.7 Å². The molecule has 1 heterocycles. The number of nitrogens with zero attached hydrogens (tertiary/aromatic N) is 2. The van der Waals surface area contributed by atoms with Crippen LogP contribution in [0.1, 0.15) is 5.56 Å². The second-order valence-electron chi connectivity index (χ2n) is 4.87. The van der Waals surface area contributed by atoms with Crippen LogP contribution in [0.25, 0.3) is 0 Å². The van der Waals surface area contributed by atoms with Gasteiger partial charge in [0.15, 0.2) is 0 Å². The van der Waals surface area contributed by atoms with Crippen molar-refractivity contribution in [3.8, 4) is 0 Å². The number of amides is 2. The van der Waals surface area contributed by atoms with Crippen molar-refractivity contribution in [2.45, 2.75) is 6.92 Å². The first-order valence-corrected chi connectivity index (χ1v) is 6.73. The lowest BCUT2D eigenvalue weighted by molar-refractivity contribution is -0.385. The second-order valence-corrected chi connectivity index (χ2v) is 4.87. The molecule has 7 nitrogen and oxygen atoms in total. The van der Waals surface area contributed by atoms with Crippen LogP contribution in [-0.2, 0) is 0 Å². The van der Waals surface area contributed by atoms with E-state index in [1.165, 1.54) is 6.07 Å². The Balaban J connectivity index is 1.81. The van der Waals surface area contributed by atoms with Gasteiger partial charge in [0.2, 0.25) is 0 Å². The molecular weight excluding hydrogens is 272 g/mol. The minimum Gasteiger partial charge on any atom is -0.337 e. The normalized spacial score (nSPS) is 14.1. The highest BCUT2D eigenvalue weighted by Gasteiger charge is 2.12. The number of nitro benzene ring substituents is 1. The van der Waals surface area contributed by atoms with E-state index in [2.05, 4.69) is 27.7 Å². The fraction of sp³-hybridized carbons (Fsp3) is 0.357. The van der Waals surface area contributed by atoms with Crippen molar-refractivity contribution in [1.29, 1.82) is 0 Å². The zero-order valence-electron chi connectivity index (χ0n) is 11.8. The molecule has 0 aliphatic carbocycles. The lowest BCUT2D eigenvalue weighted by Gasteiger charge is -2.15. The molecule has 0 radical (unpaired) electrons. The summed E-state index contributed by atoms with van der Waals surface area (Å²) in [5, 5.41) is 16.2. The summed E-state index contributed by atoms with van der Waals surface area (Å²) in [5.74, 6) is 0. The maximum absolute atomic E-state index is 11.7. The van der Waals surface area contributed by atoms with Gasteiger partial charge in [0.1, 0.15) is 0 Å². The van der Waals surface area contributed by atoms with E-state index >= 15 is 0 Å². The van der Waals surface area contributed by atoms with Crippen LogP contribution < -0.4 is 10.6 Å². The van der Waals surface area contributed by atoms with Crippen molar-refractivity contribution in [2.75, 3.05) is 31.5 Å². The zero-order valence-corrected chi connectivity index (χ0v) is 11.8. The second kappa shape index (κ2) is 6.85. The summed E-state index contributed by atoms with van der Waals surface area (Å²) in [4.78, 5) is 24.3. The van der Waals surface area contributed by atoms with Crippen LogP contribution in [0.2, 0.25) is 0 Å². The number of hydrogen-bond donors (Lipinski definition) is 2. The summed E-state index contributed by atoms with van der Waals surface area (Å²) in [6, 6.07) is 4.26. The van der Waals surface area contributed by atoms with Crippen LogP contribution in [0.4, 0.5) is 16.2 Å². The van der Waals surface area contributed by atoms with Crippen molar-refractivity contribution in [1.82, 2.24) is 10.2 Å². The first-order valence-electron chi connectivity index (χ1n) is 6.73. The number of carbonyl (C=O) groups excluding carboxylic acids is 1. The van der Waals surface area contributed by atoms with Crippen molar-refractivity contribution in [3.05, 3.63) is 46.0 Å². The van der Waals surface area contributed by atoms with Crippen molar-refractivity contribution in [3.63, 3.8) is 0 Å². The Morgan fingerprint density at radius 3 is 2.76 bits per heavy atom. The number of rotatable bonds is 5. The summed E-state index contributed by atoms with van der Waals surface area (Å²) in [7, 11) is 0. The van der Waals surface area contributed by atoms with E-state index in [1.807, 2.05) is 0 Å². The Labute approximate surface area is 122 Å². The van der Waals surface area contributed by atoms with E-state index in [0.29, 0.717) is 17.8 Å². The molecule has 0 bridgehead atoms. The largest absolute Gasteiger partial charge is 0.337 e. The van der Waals surface area contributed by atoms with Crippen LogP contribution in [0, 0.1) is 17.0 Å². The molecule has 0 saturated heterocycles.